The van der Waals surface area contributed by atoms with E-state index in [4.69, 9.17) is 4.52 Å². The summed E-state index contributed by atoms with van der Waals surface area (Å²) >= 11 is 0. The molecule has 1 fully saturated rings. The van der Waals surface area contributed by atoms with E-state index in [0.29, 0.717) is 11.9 Å². The molecule has 78 valence electrons. The predicted octanol–water partition coefficient (Wildman–Crippen LogP) is 2.40. The van der Waals surface area contributed by atoms with Crippen molar-refractivity contribution < 1.29 is 4.52 Å². The van der Waals surface area contributed by atoms with Crippen molar-refractivity contribution in [1.82, 2.24) is 10.1 Å². The number of rotatable bonds is 2. The molecule has 1 aromatic rings. The highest BCUT2D eigenvalue weighted by atomic mass is 16.5. The molecule has 0 saturated heterocycles. The van der Waals surface area contributed by atoms with Crippen LogP contribution < -0.4 is 5.32 Å². The molecule has 1 saturated carbocycles. The van der Waals surface area contributed by atoms with Crippen molar-refractivity contribution >= 4 is 6.01 Å². The summed E-state index contributed by atoms with van der Waals surface area (Å²) in [5, 5.41) is 7.12. The minimum Gasteiger partial charge on any atom is -0.333 e. The van der Waals surface area contributed by atoms with Crippen LogP contribution in [-0.4, -0.2) is 15.7 Å². The van der Waals surface area contributed by atoms with Crippen molar-refractivity contribution in [3.8, 4) is 0 Å². The highest BCUT2D eigenvalue weighted by Gasteiger charge is 2.38. The van der Waals surface area contributed by atoms with E-state index in [1.165, 1.54) is 6.42 Å². The van der Waals surface area contributed by atoms with E-state index in [2.05, 4.69) is 43.2 Å². The van der Waals surface area contributed by atoms with Gasteiger partial charge in [-0.1, -0.05) is 12.1 Å². The molecule has 14 heavy (non-hydrogen) atoms. The molecule has 0 bridgehead atoms. The third kappa shape index (κ3) is 2.05. The molecule has 2 atom stereocenters. The Morgan fingerprint density at radius 2 is 2.07 bits per heavy atom. The van der Waals surface area contributed by atoms with Crippen LogP contribution in [-0.2, 0) is 0 Å². The van der Waals surface area contributed by atoms with Gasteiger partial charge in [-0.2, -0.15) is 4.98 Å². The molecule has 1 aliphatic carbocycles. The van der Waals surface area contributed by atoms with Gasteiger partial charge in [0.05, 0.1) is 0 Å². The van der Waals surface area contributed by atoms with E-state index in [-0.39, 0.29) is 5.54 Å². The van der Waals surface area contributed by atoms with E-state index < -0.39 is 0 Å². The number of nitrogens with one attached hydrogen (secondary N) is 1. The minimum absolute atomic E-state index is 0.0288. The molecule has 0 spiro atoms. The van der Waals surface area contributed by atoms with Gasteiger partial charge in [0, 0.05) is 11.5 Å². The number of anilines is 1. The summed E-state index contributed by atoms with van der Waals surface area (Å²) in [6.07, 6.45) is 1.19. The van der Waals surface area contributed by atoms with Crippen molar-refractivity contribution in [2.75, 3.05) is 5.32 Å². The quantitative estimate of drug-likeness (QED) is 0.787. The standard InChI is InChI=1S/C10H17N3O/c1-6-5-7(6)8-11-9(14-13-8)12-10(2,3)4/h6-7H,5H2,1-4H3,(H,11,12,13). The van der Waals surface area contributed by atoms with Gasteiger partial charge in [-0.15, -0.1) is 0 Å². The van der Waals surface area contributed by atoms with Crippen LogP contribution in [0.4, 0.5) is 6.01 Å². The average molecular weight is 195 g/mol. The molecule has 0 radical (unpaired) electrons. The predicted molar refractivity (Wildman–Crippen MR) is 54.2 cm³/mol. The third-order valence-corrected chi connectivity index (χ3v) is 2.36. The Kier molecular flexibility index (Phi) is 2.01. The van der Waals surface area contributed by atoms with Gasteiger partial charge in [-0.25, -0.2) is 0 Å². The summed E-state index contributed by atoms with van der Waals surface area (Å²) < 4.78 is 5.12. The fourth-order valence-corrected chi connectivity index (χ4v) is 1.44. The SMILES string of the molecule is CC1CC1c1noc(NC(C)(C)C)n1. The molecule has 1 aromatic heterocycles. The summed E-state index contributed by atoms with van der Waals surface area (Å²) in [7, 11) is 0. The van der Waals surface area contributed by atoms with Crippen molar-refractivity contribution in [3.05, 3.63) is 5.82 Å². The lowest BCUT2D eigenvalue weighted by molar-refractivity contribution is 0.411. The Hall–Kier alpha value is -1.06. The normalized spacial score (nSPS) is 26.3. The lowest BCUT2D eigenvalue weighted by Gasteiger charge is -2.17. The van der Waals surface area contributed by atoms with Gasteiger partial charge in [0.2, 0.25) is 0 Å². The van der Waals surface area contributed by atoms with Crippen molar-refractivity contribution in [2.24, 2.45) is 5.92 Å². The first-order chi connectivity index (χ1) is 6.46. The van der Waals surface area contributed by atoms with Crippen LogP contribution in [0.1, 0.15) is 45.9 Å². The van der Waals surface area contributed by atoms with Gasteiger partial charge in [-0.3, -0.25) is 0 Å². The first-order valence-corrected chi connectivity index (χ1v) is 5.07. The Balaban J connectivity index is 2.03. The van der Waals surface area contributed by atoms with Crippen LogP contribution in [0, 0.1) is 5.92 Å². The highest BCUT2D eigenvalue weighted by molar-refractivity contribution is 5.24. The first-order valence-electron chi connectivity index (χ1n) is 5.07. The molecule has 0 aromatic carbocycles. The molecule has 1 aliphatic rings. The number of nitrogens with zero attached hydrogens (tertiary/aromatic N) is 2. The van der Waals surface area contributed by atoms with Gasteiger partial charge in [0.25, 0.3) is 0 Å². The topological polar surface area (TPSA) is 51.0 Å². The van der Waals surface area contributed by atoms with E-state index >= 15 is 0 Å². The molecule has 2 rings (SSSR count). The summed E-state index contributed by atoms with van der Waals surface area (Å²) in [4.78, 5) is 4.32. The zero-order chi connectivity index (χ0) is 10.3. The number of hydrogen-bond acceptors (Lipinski definition) is 4. The second kappa shape index (κ2) is 2.97. The maximum Gasteiger partial charge on any atom is 0.321 e. The maximum atomic E-state index is 5.12. The number of hydrogen-bond donors (Lipinski definition) is 1. The summed E-state index contributed by atoms with van der Waals surface area (Å²) in [5.41, 5.74) is -0.0288. The van der Waals surface area contributed by atoms with Gasteiger partial charge >= 0.3 is 6.01 Å². The summed E-state index contributed by atoms with van der Waals surface area (Å²) in [5.74, 6) is 2.09. The molecule has 4 nitrogen and oxygen atoms in total. The van der Waals surface area contributed by atoms with Crippen LogP contribution in [0.3, 0.4) is 0 Å². The second-order valence-electron chi connectivity index (χ2n) is 5.15. The Bertz CT molecular complexity index is 326. The average Bonchev–Trinajstić information content (AvgIpc) is 2.58. The van der Waals surface area contributed by atoms with Crippen LogP contribution in [0.15, 0.2) is 4.52 Å². The molecule has 1 N–H and O–H groups in total. The van der Waals surface area contributed by atoms with E-state index in [9.17, 15) is 0 Å². The van der Waals surface area contributed by atoms with Crippen molar-refractivity contribution in [3.63, 3.8) is 0 Å². The van der Waals surface area contributed by atoms with E-state index in [1.54, 1.807) is 0 Å². The maximum absolute atomic E-state index is 5.12. The highest BCUT2D eigenvalue weighted by Crippen LogP contribution is 2.45. The molecular formula is C10H17N3O. The Morgan fingerprint density at radius 1 is 1.43 bits per heavy atom. The summed E-state index contributed by atoms with van der Waals surface area (Å²) in [6.45, 7) is 8.40. The van der Waals surface area contributed by atoms with Gasteiger partial charge in [-0.05, 0) is 33.1 Å². The molecule has 4 heteroatoms. The smallest absolute Gasteiger partial charge is 0.321 e. The molecule has 0 amide bonds. The van der Waals surface area contributed by atoms with Crippen LogP contribution in [0.2, 0.25) is 0 Å². The third-order valence-electron chi connectivity index (χ3n) is 2.36. The lowest BCUT2D eigenvalue weighted by atomic mass is 10.1. The second-order valence-corrected chi connectivity index (χ2v) is 5.15. The van der Waals surface area contributed by atoms with E-state index in [0.717, 1.165) is 11.7 Å². The minimum atomic E-state index is -0.0288. The molecule has 0 aliphatic heterocycles. The van der Waals surface area contributed by atoms with Crippen LogP contribution in [0.25, 0.3) is 0 Å². The fraction of sp³-hybridized carbons (Fsp3) is 0.800. The fourth-order valence-electron chi connectivity index (χ4n) is 1.44. The number of aromatic nitrogens is 2. The van der Waals surface area contributed by atoms with Gasteiger partial charge in [0.15, 0.2) is 5.82 Å². The Labute approximate surface area is 84.1 Å². The lowest BCUT2D eigenvalue weighted by Crippen LogP contribution is -2.26. The Morgan fingerprint density at radius 3 is 2.57 bits per heavy atom. The summed E-state index contributed by atoms with van der Waals surface area (Å²) in [6, 6.07) is 0.534. The largest absolute Gasteiger partial charge is 0.333 e. The molecular weight excluding hydrogens is 178 g/mol. The zero-order valence-electron chi connectivity index (χ0n) is 9.16. The first kappa shape index (κ1) is 9.49. The van der Waals surface area contributed by atoms with E-state index in [1.807, 2.05) is 0 Å². The van der Waals surface area contributed by atoms with Crippen LogP contribution >= 0.6 is 0 Å². The van der Waals surface area contributed by atoms with Gasteiger partial charge < -0.3 is 9.84 Å². The zero-order valence-corrected chi connectivity index (χ0v) is 9.16. The molecule has 1 heterocycles. The monoisotopic (exact) mass is 195 g/mol. The van der Waals surface area contributed by atoms with Gasteiger partial charge in [0.1, 0.15) is 0 Å². The molecule has 2 unspecified atom stereocenters. The van der Waals surface area contributed by atoms with Crippen molar-refractivity contribution in [1.29, 1.82) is 0 Å². The van der Waals surface area contributed by atoms with Crippen molar-refractivity contribution in [2.45, 2.75) is 45.6 Å². The van der Waals surface area contributed by atoms with Crippen LogP contribution in [0.5, 0.6) is 0 Å².